The molecular weight excluding hydrogens is 224 g/mol. The van der Waals surface area contributed by atoms with Crippen molar-refractivity contribution in [3.63, 3.8) is 0 Å². The highest BCUT2D eigenvalue weighted by Crippen LogP contribution is 2.10. The SMILES string of the molecule is CCCC(O)CNC1CCN(CC=C(C)C)CC1. The van der Waals surface area contributed by atoms with Crippen LogP contribution in [0, 0.1) is 0 Å². The average Bonchev–Trinajstić information content (AvgIpc) is 2.35. The number of rotatable bonds is 7. The summed E-state index contributed by atoms with van der Waals surface area (Å²) in [5, 5.41) is 13.2. The van der Waals surface area contributed by atoms with Crippen molar-refractivity contribution in [1.29, 1.82) is 0 Å². The maximum Gasteiger partial charge on any atom is 0.0664 e. The summed E-state index contributed by atoms with van der Waals surface area (Å²) in [5.41, 5.74) is 1.40. The second-order valence-corrected chi connectivity index (χ2v) is 5.71. The van der Waals surface area contributed by atoms with E-state index in [9.17, 15) is 5.11 Å². The monoisotopic (exact) mass is 254 g/mol. The lowest BCUT2D eigenvalue weighted by atomic mass is 10.0. The molecule has 1 heterocycles. The van der Waals surface area contributed by atoms with Gasteiger partial charge >= 0.3 is 0 Å². The number of aliphatic hydroxyl groups is 1. The average molecular weight is 254 g/mol. The first kappa shape index (κ1) is 15.7. The van der Waals surface area contributed by atoms with Gasteiger partial charge in [0.2, 0.25) is 0 Å². The Bertz CT molecular complexity index is 241. The van der Waals surface area contributed by atoms with Crippen molar-refractivity contribution >= 4 is 0 Å². The van der Waals surface area contributed by atoms with Crippen LogP contribution in [0.15, 0.2) is 11.6 Å². The Kier molecular flexibility index (Phi) is 7.56. The molecule has 3 heteroatoms. The maximum atomic E-state index is 9.70. The molecule has 0 aromatic heterocycles. The minimum Gasteiger partial charge on any atom is -0.392 e. The number of hydrogen-bond donors (Lipinski definition) is 2. The van der Waals surface area contributed by atoms with Crippen LogP contribution in [0.1, 0.15) is 46.5 Å². The molecule has 3 nitrogen and oxygen atoms in total. The summed E-state index contributed by atoms with van der Waals surface area (Å²) in [6.45, 7) is 10.6. The number of aliphatic hydroxyl groups excluding tert-OH is 1. The van der Waals surface area contributed by atoms with Gasteiger partial charge in [-0.05, 0) is 46.2 Å². The third-order valence-electron chi connectivity index (χ3n) is 3.61. The molecule has 1 aliphatic rings. The number of likely N-dealkylation sites (tertiary alicyclic amines) is 1. The number of piperidine rings is 1. The van der Waals surface area contributed by atoms with Crippen LogP contribution in [-0.4, -0.2) is 48.3 Å². The van der Waals surface area contributed by atoms with E-state index in [1.807, 2.05) is 0 Å². The Hall–Kier alpha value is -0.380. The minimum absolute atomic E-state index is 0.168. The van der Waals surface area contributed by atoms with Crippen molar-refractivity contribution in [1.82, 2.24) is 10.2 Å². The van der Waals surface area contributed by atoms with Crippen molar-refractivity contribution in [2.75, 3.05) is 26.2 Å². The number of nitrogens with one attached hydrogen (secondary N) is 1. The van der Waals surface area contributed by atoms with E-state index in [0.29, 0.717) is 6.04 Å². The lowest BCUT2D eigenvalue weighted by molar-refractivity contribution is 0.144. The third-order valence-corrected chi connectivity index (χ3v) is 3.61. The Morgan fingerprint density at radius 2 is 2.06 bits per heavy atom. The lowest BCUT2D eigenvalue weighted by Gasteiger charge is -2.32. The molecule has 0 bridgehead atoms. The molecule has 0 aromatic rings. The largest absolute Gasteiger partial charge is 0.392 e. The summed E-state index contributed by atoms with van der Waals surface area (Å²) >= 11 is 0. The molecule has 0 amide bonds. The van der Waals surface area contributed by atoms with Crippen LogP contribution < -0.4 is 5.32 Å². The first-order chi connectivity index (χ1) is 8.61. The van der Waals surface area contributed by atoms with Crippen LogP contribution in [-0.2, 0) is 0 Å². The normalized spacial score (nSPS) is 19.8. The fourth-order valence-corrected chi connectivity index (χ4v) is 2.37. The van der Waals surface area contributed by atoms with Gasteiger partial charge in [0.05, 0.1) is 6.10 Å². The lowest BCUT2D eigenvalue weighted by Crippen LogP contribution is -2.44. The van der Waals surface area contributed by atoms with Crippen LogP contribution in [0.4, 0.5) is 0 Å². The van der Waals surface area contributed by atoms with Gasteiger partial charge in [-0.25, -0.2) is 0 Å². The molecule has 2 N–H and O–H groups in total. The predicted molar refractivity (Wildman–Crippen MR) is 77.8 cm³/mol. The zero-order valence-corrected chi connectivity index (χ0v) is 12.3. The first-order valence-electron chi connectivity index (χ1n) is 7.39. The molecule has 0 radical (unpaired) electrons. The standard InChI is InChI=1S/C15H30N2O/c1-4-5-15(18)12-16-14-7-10-17(11-8-14)9-6-13(2)3/h6,14-16,18H,4-5,7-12H2,1-3H3. The molecule has 1 aliphatic heterocycles. The molecular formula is C15H30N2O. The number of hydrogen-bond acceptors (Lipinski definition) is 3. The fourth-order valence-electron chi connectivity index (χ4n) is 2.37. The van der Waals surface area contributed by atoms with Crippen LogP contribution in [0.3, 0.4) is 0 Å². The van der Waals surface area contributed by atoms with Gasteiger partial charge in [0.1, 0.15) is 0 Å². The molecule has 0 saturated carbocycles. The summed E-state index contributed by atoms with van der Waals surface area (Å²) in [5.74, 6) is 0. The maximum absolute atomic E-state index is 9.70. The van der Waals surface area contributed by atoms with E-state index in [0.717, 1.165) is 25.9 Å². The van der Waals surface area contributed by atoms with Crippen molar-refractivity contribution in [3.8, 4) is 0 Å². The van der Waals surface area contributed by atoms with E-state index in [2.05, 4.69) is 37.1 Å². The van der Waals surface area contributed by atoms with Crippen LogP contribution >= 0.6 is 0 Å². The summed E-state index contributed by atoms with van der Waals surface area (Å²) in [6, 6.07) is 0.597. The van der Waals surface area contributed by atoms with E-state index >= 15 is 0 Å². The smallest absolute Gasteiger partial charge is 0.0664 e. The zero-order chi connectivity index (χ0) is 13.4. The van der Waals surface area contributed by atoms with Gasteiger partial charge in [-0.3, -0.25) is 4.90 Å². The van der Waals surface area contributed by atoms with Crippen molar-refractivity contribution < 1.29 is 5.11 Å². The summed E-state index contributed by atoms with van der Waals surface area (Å²) in [4.78, 5) is 2.51. The summed E-state index contributed by atoms with van der Waals surface area (Å²) in [7, 11) is 0. The zero-order valence-electron chi connectivity index (χ0n) is 12.3. The van der Waals surface area contributed by atoms with Crippen LogP contribution in [0.2, 0.25) is 0 Å². The highest BCUT2D eigenvalue weighted by molar-refractivity contribution is 4.95. The van der Waals surface area contributed by atoms with E-state index < -0.39 is 0 Å². The van der Waals surface area contributed by atoms with Gasteiger partial charge in [-0.15, -0.1) is 0 Å². The van der Waals surface area contributed by atoms with Crippen molar-refractivity contribution in [2.45, 2.75) is 58.6 Å². The molecule has 1 saturated heterocycles. The minimum atomic E-state index is -0.168. The fraction of sp³-hybridized carbons (Fsp3) is 0.867. The van der Waals surface area contributed by atoms with E-state index in [1.165, 1.54) is 31.5 Å². The van der Waals surface area contributed by atoms with Gasteiger partial charge < -0.3 is 10.4 Å². The van der Waals surface area contributed by atoms with Gasteiger partial charge in [-0.1, -0.05) is 25.0 Å². The third kappa shape index (κ3) is 6.53. The topological polar surface area (TPSA) is 35.5 Å². The second-order valence-electron chi connectivity index (χ2n) is 5.71. The van der Waals surface area contributed by atoms with Crippen LogP contribution in [0.5, 0.6) is 0 Å². The van der Waals surface area contributed by atoms with E-state index in [-0.39, 0.29) is 6.10 Å². The number of nitrogens with zero attached hydrogens (tertiary/aromatic N) is 1. The van der Waals surface area contributed by atoms with Gasteiger partial charge in [0.15, 0.2) is 0 Å². The van der Waals surface area contributed by atoms with Gasteiger partial charge in [0, 0.05) is 19.1 Å². The van der Waals surface area contributed by atoms with Gasteiger partial charge in [0.25, 0.3) is 0 Å². The summed E-state index contributed by atoms with van der Waals surface area (Å²) < 4.78 is 0. The van der Waals surface area contributed by atoms with Gasteiger partial charge in [-0.2, -0.15) is 0 Å². The molecule has 1 unspecified atom stereocenters. The molecule has 1 rings (SSSR count). The molecule has 0 aliphatic carbocycles. The molecule has 1 atom stereocenters. The van der Waals surface area contributed by atoms with Crippen molar-refractivity contribution in [2.24, 2.45) is 0 Å². The predicted octanol–water partition coefficient (Wildman–Crippen LogP) is 2.17. The highest BCUT2D eigenvalue weighted by Gasteiger charge is 2.18. The Labute approximate surface area is 112 Å². The Morgan fingerprint density at radius 1 is 1.39 bits per heavy atom. The van der Waals surface area contributed by atoms with E-state index in [4.69, 9.17) is 0 Å². The highest BCUT2D eigenvalue weighted by atomic mass is 16.3. The number of allylic oxidation sites excluding steroid dienone is 1. The molecule has 1 fully saturated rings. The Morgan fingerprint density at radius 3 is 2.61 bits per heavy atom. The first-order valence-corrected chi connectivity index (χ1v) is 7.39. The van der Waals surface area contributed by atoms with Crippen LogP contribution in [0.25, 0.3) is 0 Å². The quantitative estimate of drug-likeness (QED) is 0.684. The molecule has 106 valence electrons. The molecule has 0 spiro atoms. The van der Waals surface area contributed by atoms with Crippen molar-refractivity contribution in [3.05, 3.63) is 11.6 Å². The molecule has 18 heavy (non-hydrogen) atoms. The summed E-state index contributed by atoms with van der Waals surface area (Å²) in [6.07, 6.45) is 6.51. The van der Waals surface area contributed by atoms with E-state index in [1.54, 1.807) is 0 Å². The molecule has 0 aromatic carbocycles. The Balaban J connectivity index is 2.13. The second kappa shape index (κ2) is 8.68.